The van der Waals surface area contributed by atoms with Gasteiger partial charge in [-0.05, 0) is 39.7 Å². The van der Waals surface area contributed by atoms with E-state index in [1.54, 1.807) is 7.11 Å². The molecule has 5 nitrogen and oxygen atoms in total. The number of amides is 1. The van der Waals surface area contributed by atoms with Crippen molar-refractivity contribution in [2.24, 2.45) is 0 Å². The molecule has 0 saturated carbocycles. The molecule has 0 radical (unpaired) electrons. The molecule has 1 aliphatic rings. The maximum Gasteiger partial charge on any atom is 0.240 e. The lowest BCUT2D eigenvalue weighted by atomic mass is 10.0. The maximum absolute atomic E-state index is 12.4. The molecule has 20 heavy (non-hydrogen) atoms. The third-order valence-corrected chi connectivity index (χ3v) is 3.52. The van der Waals surface area contributed by atoms with Gasteiger partial charge in [0.1, 0.15) is 0 Å². The Labute approximate surface area is 122 Å². The third-order valence-electron chi connectivity index (χ3n) is 3.52. The molecule has 5 heteroatoms. The number of hydrogen-bond donors (Lipinski definition) is 1. The second-order valence-corrected chi connectivity index (χ2v) is 5.39. The Hall–Kier alpha value is -0.910. The molecule has 0 aromatic rings. The van der Waals surface area contributed by atoms with Crippen LogP contribution in [0.3, 0.4) is 0 Å². The van der Waals surface area contributed by atoms with Crippen LogP contribution in [-0.4, -0.2) is 67.3 Å². The Balaban J connectivity index is 2.48. The number of methoxy groups -OCH3 is 1. The molecule has 116 valence electrons. The van der Waals surface area contributed by atoms with Gasteiger partial charge in [-0.2, -0.15) is 0 Å². The largest absolute Gasteiger partial charge is 0.389 e. The van der Waals surface area contributed by atoms with E-state index in [9.17, 15) is 9.90 Å². The second kappa shape index (κ2) is 9.10. The van der Waals surface area contributed by atoms with Gasteiger partial charge in [-0.3, -0.25) is 9.69 Å². The molecule has 1 atom stereocenters. The number of rotatable bonds is 8. The van der Waals surface area contributed by atoms with Crippen LogP contribution in [0.4, 0.5) is 0 Å². The quantitative estimate of drug-likeness (QED) is 0.728. The van der Waals surface area contributed by atoms with Gasteiger partial charge in [0, 0.05) is 25.9 Å². The number of nitrogens with zero attached hydrogens (tertiary/aromatic N) is 2. The molecule has 1 aliphatic carbocycles. The van der Waals surface area contributed by atoms with E-state index in [1.807, 2.05) is 23.8 Å². The van der Waals surface area contributed by atoms with Crippen molar-refractivity contribution < 1.29 is 14.6 Å². The van der Waals surface area contributed by atoms with Crippen LogP contribution < -0.4 is 0 Å². The minimum absolute atomic E-state index is 0.104. The summed E-state index contributed by atoms with van der Waals surface area (Å²) in [5.74, 6) is 0.104. The highest BCUT2D eigenvalue weighted by Gasteiger charge is 2.20. The van der Waals surface area contributed by atoms with E-state index in [2.05, 4.69) is 6.08 Å². The zero-order valence-electron chi connectivity index (χ0n) is 13.0. The van der Waals surface area contributed by atoms with Crippen molar-refractivity contribution in [3.63, 3.8) is 0 Å². The smallest absolute Gasteiger partial charge is 0.240 e. The molecule has 0 aromatic carbocycles. The maximum atomic E-state index is 12.4. The summed E-state index contributed by atoms with van der Waals surface area (Å²) < 4.78 is 4.89. The monoisotopic (exact) mass is 284 g/mol. The fourth-order valence-corrected chi connectivity index (χ4v) is 2.59. The zero-order valence-corrected chi connectivity index (χ0v) is 13.0. The summed E-state index contributed by atoms with van der Waals surface area (Å²) in [4.78, 5) is 16.1. The Morgan fingerprint density at radius 1 is 1.50 bits per heavy atom. The molecule has 1 rings (SSSR count). The Morgan fingerprint density at radius 2 is 2.25 bits per heavy atom. The zero-order chi connectivity index (χ0) is 15.0. The average Bonchev–Trinajstić information content (AvgIpc) is 2.40. The summed E-state index contributed by atoms with van der Waals surface area (Å²) in [7, 11) is 3.41. The van der Waals surface area contributed by atoms with Gasteiger partial charge in [0.25, 0.3) is 0 Å². The molecular formula is C15H28N2O3. The molecule has 1 amide bonds. The molecule has 0 heterocycles. The van der Waals surface area contributed by atoms with Gasteiger partial charge in [0.2, 0.25) is 5.91 Å². The summed E-state index contributed by atoms with van der Waals surface area (Å²) >= 11 is 0. The SMILES string of the molecule is CCN(C(=O)CN(C)CC(O)COC)C1=CCCCC1. The first-order chi connectivity index (χ1) is 9.58. The highest BCUT2D eigenvalue weighted by Crippen LogP contribution is 2.20. The van der Waals surface area contributed by atoms with Crippen LogP contribution in [-0.2, 0) is 9.53 Å². The lowest BCUT2D eigenvalue weighted by Crippen LogP contribution is -2.41. The van der Waals surface area contributed by atoms with E-state index in [0.29, 0.717) is 26.2 Å². The molecular weight excluding hydrogens is 256 g/mol. The molecule has 0 saturated heterocycles. The first-order valence-corrected chi connectivity index (χ1v) is 7.43. The lowest BCUT2D eigenvalue weighted by Gasteiger charge is -2.29. The minimum Gasteiger partial charge on any atom is -0.389 e. The van der Waals surface area contributed by atoms with E-state index >= 15 is 0 Å². The number of allylic oxidation sites excluding steroid dienone is 2. The van der Waals surface area contributed by atoms with Crippen molar-refractivity contribution in [3.8, 4) is 0 Å². The Kier molecular flexibility index (Phi) is 7.80. The minimum atomic E-state index is -0.554. The first kappa shape index (κ1) is 17.1. The van der Waals surface area contributed by atoms with E-state index in [1.165, 1.54) is 6.42 Å². The first-order valence-electron chi connectivity index (χ1n) is 7.43. The predicted molar refractivity (Wildman–Crippen MR) is 79.3 cm³/mol. The topological polar surface area (TPSA) is 53.0 Å². The number of carbonyl (C=O) groups is 1. The molecule has 0 bridgehead atoms. The molecule has 1 N–H and O–H groups in total. The molecule has 0 fully saturated rings. The molecule has 0 aromatic heterocycles. The van der Waals surface area contributed by atoms with Gasteiger partial charge in [-0.25, -0.2) is 0 Å². The van der Waals surface area contributed by atoms with E-state index in [4.69, 9.17) is 4.74 Å². The number of aliphatic hydroxyl groups excluding tert-OH is 1. The summed E-state index contributed by atoms with van der Waals surface area (Å²) in [6.45, 7) is 3.77. The average molecular weight is 284 g/mol. The Bertz CT molecular complexity index is 331. The third kappa shape index (κ3) is 5.61. The fraction of sp³-hybridized carbons (Fsp3) is 0.800. The number of carbonyl (C=O) groups excluding carboxylic acids is 1. The number of likely N-dealkylation sites (N-methyl/N-ethyl adjacent to an activating group) is 2. The highest BCUT2D eigenvalue weighted by atomic mass is 16.5. The molecule has 0 aliphatic heterocycles. The van der Waals surface area contributed by atoms with Crippen molar-refractivity contribution >= 4 is 5.91 Å². The van der Waals surface area contributed by atoms with Crippen LogP contribution in [0, 0.1) is 0 Å². The summed E-state index contributed by atoms with van der Waals surface area (Å²) in [6, 6.07) is 0. The van der Waals surface area contributed by atoms with Crippen molar-refractivity contribution in [3.05, 3.63) is 11.8 Å². The van der Waals surface area contributed by atoms with E-state index < -0.39 is 6.10 Å². The van der Waals surface area contributed by atoms with Crippen LogP contribution in [0.25, 0.3) is 0 Å². The number of aliphatic hydroxyl groups is 1. The highest BCUT2D eigenvalue weighted by molar-refractivity contribution is 5.80. The normalized spacial score (nSPS) is 16.9. The summed E-state index contributed by atoms with van der Waals surface area (Å²) in [6.07, 6.45) is 6.08. The second-order valence-electron chi connectivity index (χ2n) is 5.39. The summed E-state index contributed by atoms with van der Waals surface area (Å²) in [5, 5.41) is 9.67. The summed E-state index contributed by atoms with van der Waals surface area (Å²) in [5.41, 5.74) is 1.16. The van der Waals surface area contributed by atoms with Gasteiger partial charge in [0.05, 0.1) is 19.3 Å². The van der Waals surface area contributed by atoms with Crippen molar-refractivity contribution in [1.82, 2.24) is 9.80 Å². The van der Waals surface area contributed by atoms with Gasteiger partial charge >= 0.3 is 0 Å². The fourth-order valence-electron chi connectivity index (χ4n) is 2.59. The number of hydrogen-bond acceptors (Lipinski definition) is 4. The standard InChI is InChI=1S/C15H28N2O3/c1-4-17(13-8-6-5-7-9-13)15(19)11-16(2)10-14(18)12-20-3/h8,14,18H,4-7,9-12H2,1-3H3. The number of ether oxygens (including phenoxy) is 1. The van der Waals surface area contributed by atoms with E-state index in [0.717, 1.165) is 25.0 Å². The molecule has 1 unspecified atom stereocenters. The van der Waals surface area contributed by atoms with Crippen LogP contribution in [0.1, 0.15) is 32.6 Å². The van der Waals surface area contributed by atoms with Crippen molar-refractivity contribution in [2.75, 3.05) is 40.4 Å². The van der Waals surface area contributed by atoms with Gasteiger partial charge < -0.3 is 14.7 Å². The van der Waals surface area contributed by atoms with Crippen LogP contribution >= 0.6 is 0 Å². The van der Waals surface area contributed by atoms with Crippen LogP contribution in [0.2, 0.25) is 0 Å². The Morgan fingerprint density at radius 3 is 2.80 bits per heavy atom. The molecule has 0 spiro atoms. The van der Waals surface area contributed by atoms with Gasteiger partial charge in [-0.1, -0.05) is 6.08 Å². The van der Waals surface area contributed by atoms with Gasteiger partial charge in [0.15, 0.2) is 0 Å². The van der Waals surface area contributed by atoms with Crippen LogP contribution in [0.15, 0.2) is 11.8 Å². The van der Waals surface area contributed by atoms with Crippen molar-refractivity contribution in [2.45, 2.75) is 38.7 Å². The van der Waals surface area contributed by atoms with Crippen molar-refractivity contribution in [1.29, 1.82) is 0 Å². The van der Waals surface area contributed by atoms with Gasteiger partial charge in [-0.15, -0.1) is 0 Å². The van der Waals surface area contributed by atoms with Crippen LogP contribution in [0.5, 0.6) is 0 Å². The van der Waals surface area contributed by atoms with E-state index in [-0.39, 0.29) is 5.91 Å². The lowest BCUT2D eigenvalue weighted by molar-refractivity contribution is -0.130. The predicted octanol–water partition coefficient (Wildman–Crippen LogP) is 1.23.